The van der Waals surface area contributed by atoms with Crippen LogP contribution in [-0.4, -0.2) is 55.4 Å². The average molecular weight is 466 g/mol. The molecule has 8 nitrogen and oxygen atoms in total. The molecule has 1 aromatic heterocycles. The van der Waals surface area contributed by atoms with Crippen LogP contribution in [0.1, 0.15) is 24.8 Å². The highest BCUT2D eigenvalue weighted by molar-refractivity contribution is 7.92. The third kappa shape index (κ3) is 5.31. The van der Waals surface area contributed by atoms with Crippen molar-refractivity contribution in [1.29, 1.82) is 0 Å². The van der Waals surface area contributed by atoms with Crippen LogP contribution in [-0.2, 0) is 14.8 Å². The van der Waals surface area contributed by atoms with Crippen molar-refractivity contribution in [2.24, 2.45) is 0 Å². The summed E-state index contributed by atoms with van der Waals surface area (Å²) in [4.78, 5) is 25.0. The maximum absolute atomic E-state index is 13.1. The number of hydrogen-bond donors (Lipinski definition) is 1. The molecule has 1 aliphatic rings. The smallest absolute Gasteiger partial charge is 0.263 e. The molecule has 0 saturated carbocycles. The lowest BCUT2D eigenvalue weighted by Gasteiger charge is -2.37. The quantitative estimate of drug-likeness (QED) is 0.576. The number of benzene rings is 2. The number of hydrogen-bond acceptors (Lipinski definition) is 6. The Labute approximate surface area is 194 Å². The van der Waals surface area contributed by atoms with Crippen molar-refractivity contribution in [3.8, 4) is 0 Å². The lowest BCUT2D eigenvalue weighted by Crippen LogP contribution is -2.50. The number of nitrogens with zero attached hydrogens (tertiary/aromatic N) is 4. The van der Waals surface area contributed by atoms with Crippen LogP contribution in [0.5, 0.6) is 0 Å². The predicted octanol–water partition coefficient (Wildman–Crippen LogP) is 3.12. The van der Waals surface area contributed by atoms with Crippen LogP contribution in [0.4, 0.5) is 11.5 Å². The number of rotatable bonds is 7. The largest absolute Gasteiger partial charge is 0.368 e. The molecule has 1 atom stereocenters. The minimum Gasteiger partial charge on any atom is -0.368 e. The fourth-order valence-corrected chi connectivity index (χ4v) is 5.04. The van der Waals surface area contributed by atoms with Crippen LogP contribution in [0.25, 0.3) is 0 Å². The zero-order valence-corrected chi connectivity index (χ0v) is 19.3. The zero-order chi connectivity index (χ0) is 23.3. The summed E-state index contributed by atoms with van der Waals surface area (Å²) < 4.78 is 27.6. The highest BCUT2D eigenvalue weighted by Crippen LogP contribution is 2.25. The summed E-state index contributed by atoms with van der Waals surface area (Å²) in [6, 6.07) is 18.2. The molecule has 0 bridgehead atoms. The van der Waals surface area contributed by atoms with Gasteiger partial charge in [-0.25, -0.2) is 18.4 Å². The lowest BCUT2D eigenvalue weighted by atomic mass is 9.95. The first-order valence-corrected chi connectivity index (χ1v) is 12.4. The highest BCUT2D eigenvalue weighted by atomic mass is 32.2. The molecule has 2 aromatic carbocycles. The third-order valence-corrected chi connectivity index (χ3v) is 7.20. The Morgan fingerprint density at radius 1 is 1.00 bits per heavy atom. The first-order valence-electron chi connectivity index (χ1n) is 11.0. The van der Waals surface area contributed by atoms with Crippen LogP contribution >= 0.6 is 0 Å². The summed E-state index contributed by atoms with van der Waals surface area (Å²) in [5.74, 6) is 0.265. The Hall–Kier alpha value is -3.46. The van der Waals surface area contributed by atoms with Gasteiger partial charge >= 0.3 is 0 Å². The number of carbonyl (C=O) groups excluding carboxylic acids is 1. The van der Waals surface area contributed by atoms with Crippen molar-refractivity contribution in [2.75, 3.05) is 35.8 Å². The predicted molar refractivity (Wildman–Crippen MR) is 128 cm³/mol. The van der Waals surface area contributed by atoms with Crippen molar-refractivity contribution in [3.05, 3.63) is 78.8 Å². The topological polar surface area (TPSA) is 95.5 Å². The summed E-state index contributed by atoms with van der Waals surface area (Å²) in [5, 5.41) is 0. The van der Waals surface area contributed by atoms with E-state index >= 15 is 0 Å². The molecule has 0 radical (unpaired) electrons. The molecule has 1 saturated heterocycles. The van der Waals surface area contributed by atoms with Crippen molar-refractivity contribution in [3.63, 3.8) is 0 Å². The van der Waals surface area contributed by atoms with E-state index in [1.165, 1.54) is 18.6 Å². The SMILES string of the molecule is CC[C@H](C(=O)N1CCN(c2ccc(S(=O)(=O)Nc3ccncn3)cc2)CC1)c1ccccc1. The maximum Gasteiger partial charge on any atom is 0.263 e. The Morgan fingerprint density at radius 2 is 1.70 bits per heavy atom. The molecule has 1 fully saturated rings. The first kappa shape index (κ1) is 22.7. The van der Waals surface area contributed by atoms with Gasteiger partial charge in [-0.2, -0.15) is 0 Å². The van der Waals surface area contributed by atoms with Crippen LogP contribution in [0.3, 0.4) is 0 Å². The Balaban J connectivity index is 1.37. The molecule has 2 heterocycles. The van der Waals surface area contributed by atoms with Crippen molar-refractivity contribution >= 4 is 27.4 Å². The van der Waals surface area contributed by atoms with Gasteiger partial charge in [0.15, 0.2) is 0 Å². The Morgan fingerprint density at radius 3 is 2.30 bits per heavy atom. The average Bonchev–Trinajstić information content (AvgIpc) is 2.86. The molecule has 9 heteroatoms. The Bertz CT molecular complexity index is 1160. The summed E-state index contributed by atoms with van der Waals surface area (Å²) in [6.07, 6.45) is 3.52. The minimum atomic E-state index is -3.73. The van der Waals surface area contributed by atoms with Crippen LogP contribution in [0.2, 0.25) is 0 Å². The van der Waals surface area contributed by atoms with E-state index in [0.717, 1.165) is 17.7 Å². The minimum absolute atomic E-state index is 0.121. The number of piperazine rings is 1. The zero-order valence-electron chi connectivity index (χ0n) is 18.5. The number of anilines is 2. The molecule has 0 spiro atoms. The summed E-state index contributed by atoms with van der Waals surface area (Å²) >= 11 is 0. The van der Waals surface area contributed by atoms with Crippen molar-refractivity contribution < 1.29 is 13.2 Å². The van der Waals surface area contributed by atoms with Gasteiger partial charge in [0.2, 0.25) is 5.91 Å². The molecule has 4 rings (SSSR count). The molecule has 1 amide bonds. The number of amides is 1. The van der Waals surface area contributed by atoms with Crippen molar-refractivity contribution in [2.45, 2.75) is 24.2 Å². The van der Waals surface area contributed by atoms with E-state index in [4.69, 9.17) is 0 Å². The van der Waals surface area contributed by atoms with E-state index in [-0.39, 0.29) is 22.5 Å². The van der Waals surface area contributed by atoms with E-state index in [2.05, 4.69) is 19.6 Å². The van der Waals surface area contributed by atoms with Gasteiger partial charge in [-0.15, -0.1) is 0 Å². The van der Waals surface area contributed by atoms with Gasteiger partial charge in [0.25, 0.3) is 10.0 Å². The molecule has 0 aliphatic carbocycles. The van der Waals surface area contributed by atoms with Crippen LogP contribution in [0, 0.1) is 0 Å². The van der Waals surface area contributed by atoms with E-state index in [9.17, 15) is 13.2 Å². The van der Waals surface area contributed by atoms with E-state index in [1.54, 1.807) is 24.3 Å². The molecule has 3 aromatic rings. The second-order valence-electron chi connectivity index (χ2n) is 7.88. The van der Waals surface area contributed by atoms with E-state index < -0.39 is 10.0 Å². The second kappa shape index (κ2) is 9.99. The maximum atomic E-state index is 13.1. The Kier molecular flexibility index (Phi) is 6.88. The number of sulfonamides is 1. The van der Waals surface area contributed by atoms with Gasteiger partial charge in [-0.3, -0.25) is 9.52 Å². The molecular formula is C24H27N5O3S. The molecule has 33 heavy (non-hydrogen) atoms. The fourth-order valence-electron chi connectivity index (χ4n) is 4.03. The summed E-state index contributed by atoms with van der Waals surface area (Å²) in [7, 11) is -3.73. The lowest BCUT2D eigenvalue weighted by molar-refractivity contribution is -0.133. The van der Waals surface area contributed by atoms with Gasteiger partial charge < -0.3 is 9.80 Å². The summed E-state index contributed by atoms with van der Waals surface area (Å²) in [6.45, 7) is 4.71. The number of nitrogens with one attached hydrogen (secondary N) is 1. The van der Waals surface area contributed by atoms with Gasteiger partial charge in [0, 0.05) is 38.1 Å². The second-order valence-corrected chi connectivity index (χ2v) is 9.56. The monoisotopic (exact) mass is 465 g/mol. The molecule has 1 aliphatic heterocycles. The van der Waals surface area contributed by atoms with Crippen molar-refractivity contribution in [1.82, 2.24) is 14.9 Å². The normalized spacial score (nSPS) is 15.2. The van der Waals surface area contributed by atoms with Gasteiger partial charge in [-0.05, 0) is 42.3 Å². The van der Waals surface area contributed by atoms with Crippen LogP contribution < -0.4 is 9.62 Å². The number of carbonyl (C=O) groups is 1. The number of aromatic nitrogens is 2. The molecular weight excluding hydrogens is 438 g/mol. The molecule has 0 unspecified atom stereocenters. The van der Waals surface area contributed by atoms with Gasteiger partial charge in [0.1, 0.15) is 12.1 Å². The third-order valence-electron chi connectivity index (χ3n) is 5.83. The van der Waals surface area contributed by atoms with E-state index in [0.29, 0.717) is 26.2 Å². The van der Waals surface area contributed by atoms with E-state index in [1.807, 2.05) is 42.2 Å². The fraction of sp³-hybridized carbons (Fsp3) is 0.292. The molecule has 172 valence electrons. The first-order chi connectivity index (χ1) is 16.0. The molecule has 1 N–H and O–H groups in total. The highest BCUT2D eigenvalue weighted by Gasteiger charge is 2.27. The van der Waals surface area contributed by atoms with Crippen LogP contribution in [0.15, 0.2) is 78.1 Å². The van der Waals surface area contributed by atoms with Gasteiger partial charge in [-0.1, -0.05) is 37.3 Å². The summed E-state index contributed by atoms with van der Waals surface area (Å²) in [5.41, 5.74) is 1.98. The standard InChI is InChI=1S/C24H27N5O3S/c1-2-22(19-6-4-3-5-7-19)24(30)29-16-14-28(15-17-29)20-8-10-21(11-9-20)33(31,32)27-23-12-13-25-18-26-23/h3-13,18,22H,2,14-17H2,1H3,(H,25,26,27)/t22-/m0/s1. The van der Waals surface area contributed by atoms with Gasteiger partial charge in [0.05, 0.1) is 10.8 Å².